The van der Waals surface area contributed by atoms with Gasteiger partial charge in [-0.2, -0.15) is 4.98 Å². The number of alkyl halides is 1. The molecule has 2 heterocycles. The third kappa shape index (κ3) is 5.92. The monoisotopic (exact) mass is 429 g/mol. The van der Waals surface area contributed by atoms with E-state index in [1.165, 1.54) is 0 Å². The molecule has 0 bridgehead atoms. The Morgan fingerprint density at radius 3 is 2.87 bits per heavy atom. The number of piperidine rings is 1. The number of aromatic nitrogens is 2. The van der Waals surface area contributed by atoms with E-state index in [0.29, 0.717) is 37.0 Å². The number of aryl methyl sites for hydroxylation is 1. The van der Waals surface area contributed by atoms with Crippen LogP contribution in [0, 0.1) is 6.92 Å². The van der Waals surface area contributed by atoms with Crippen molar-refractivity contribution in [2.75, 3.05) is 29.6 Å². The predicted molar refractivity (Wildman–Crippen MR) is 119 cm³/mol. The zero-order valence-electron chi connectivity index (χ0n) is 17.4. The Morgan fingerprint density at radius 1 is 1.30 bits per heavy atom. The Morgan fingerprint density at radius 2 is 2.10 bits per heavy atom. The minimum absolute atomic E-state index is 0.0917. The molecule has 0 radical (unpaired) electrons. The first-order valence-electron chi connectivity index (χ1n) is 10.2. The molecule has 30 heavy (non-hydrogen) atoms. The highest BCUT2D eigenvalue weighted by Gasteiger charge is 2.22. The van der Waals surface area contributed by atoms with Gasteiger partial charge in [-0.15, -0.1) is 11.6 Å². The van der Waals surface area contributed by atoms with E-state index in [4.69, 9.17) is 11.6 Å². The van der Waals surface area contributed by atoms with E-state index < -0.39 is 0 Å². The topological polar surface area (TPSA) is 87.2 Å². The number of ketones is 1. The number of amides is 1. The molecule has 1 amide bonds. The summed E-state index contributed by atoms with van der Waals surface area (Å²) in [4.78, 5) is 34.6. The predicted octanol–water partition coefficient (Wildman–Crippen LogP) is 3.69. The molecular formula is C22H28ClN5O2. The average molecular weight is 430 g/mol. The first-order valence-corrected chi connectivity index (χ1v) is 10.8. The first kappa shape index (κ1) is 22.0. The van der Waals surface area contributed by atoms with Crippen LogP contribution >= 0.6 is 11.6 Å². The molecule has 1 fully saturated rings. The number of carbonyl (C=O) groups is 2. The van der Waals surface area contributed by atoms with Crippen LogP contribution in [0.5, 0.6) is 0 Å². The number of nitrogens with zero attached hydrogens (tertiary/aromatic N) is 3. The smallest absolute Gasteiger partial charge is 0.224 e. The lowest BCUT2D eigenvalue weighted by molar-refractivity contribution is -0.129. The van der Waals surface area contributed by atoms with Crippen molar-refractivity contribution >= 4 is 40.7 Å². The van der Waals surface area contributed by atoms with Crippen LogP contribution in [0.1, 0.15) is 37.3 Å². The summed E-state index contributed by atoms with van der Waals surface area (Å²) in [6.07, 6.45) is 4.38. The van der Waals surface area contributed by atoms with Crippen LogP contribution < -0.4 is 10.6 Å². The first-order chi connectivity index (χ1) is 14.5. The van der Waals surface area contributed by atoms with Gasteiger partial charge in [-0.3, -0.25) is 9.59 Å². The summed E-state index contributed by atoms with van der Waals surface area (Å²) in [6.45, 7) is 4.99. The van der Waals surface area contributed by atoms with Crippen LogP contribution in [0.4, 0.5) is 17.5 Å². The maximum atomic E-state index is 12.1. The number of hydrogen-bond donors (Lipinski definition) is 2. The second kappa shape index (κ2) is 10.4. The minimum atomic E-state index is 0.0917. The Kier molecular flexibility index (Phi) is 7.63. The number of nitrogens with one attached hydrogen (secondary N) is 2. The van der Waals surface area contributed by atoms with Gasteiger partial charge in [0, 0.05) is 62.2 Å². The molecule has 1 aromatic heterocycles. The maximum Gasteiger partial charge on any atom is 0.224 e. The van der Waals surface area contributed by atoms with Crippen molar-refractivity contribution in [1.29, 1.82) is 0 Å². The molecule has 0 unspecified atom stereocenters. The van der Waals surface area contributed by atoms with Crippen molar-refractivity contribution in [2.45, 2.75) is 45.6 Å². The van der Waals surface area contributed by atoms with Gasteiger partial charge < -0.3 is 15.5 Å². The van der Waals surface area contributed by atoms with Crippen molar-refractivity contribution in [3.8, 4) is 0 Å². The zero-order chi connectivity index (χ0) is 21.5. The van der Waals surface area contributed by atoms with Crippen LogP contribution in [-0.2, 0) is 16.0 Å². The van der Waals surface area contributed by atoms with Gasteiger partial charge in [-0.1, -0.05) is 18.2 Å². The second-order valence-electron chi connectivity index (χ2n) is 7.61. The van der Waals surface area contributed by atoms with Crippen LogP contribution in [0.15, 0.2) is 30.5 Å². The summed E-state index contributed by atoms with van der Waals surface area (Å²) in [7, 11) is 0. The number of hydrogen-bond acceptors (Lipinski definition) is 6. The van der Waals surface area contributed by atoms with Gasteiger partial charge in [0.1, 0.15) is 11.6 Å². The van der Waals surface area contributed by atoms with Gasteiger partial charge in [0.05, 0.1) is 0 Å². The largest absolute Gasteiger partial charge is 0.350 e. The van der Waals surface area contributed by atoms with Crippen LogP contribution in [0.25, 0.3) is 0 Å². The van der Waals surface area contributed by atoms with E-state index in [2.05, 4.69) is 20.6 Å². The summed E-state index contributed by atoms with van der Waals surface area (Å²) in [6, 6.07) is 7.83. The normalized spacial score (nSPS) is 16.2. The number of rotatable bonds is 8. The molecule has 0 aliphatic carbocycles. The lowest BCUT2D eigenvalue weighted by Crippen LogP contribution is -2.44. The Balaban J connectivity index is 1.73. The molecule has 0 saturated carbocycles. The van der Waals surface area contributed by atoms with E-state index in [1.54, 1.807) is 13.1 Å². The fourth-order valence-electron chi connectivity index (χ4n) is 3.53. The number of benzene rings is 1. The summed E-state index contributed by atoms with van der Waals surface area (Å²) < 4.78 is 0. The van der Waals surface area contributed by atoms with Crippen molar-refractivity contribution in [2.24, 2.45) is 0 Å². The van der Waals surface area contributed by atoms with Gasteiger partial charge in [0.25, 0.3) is 0 Å². The quantitative estimate of drug-likeness (QED) is 0.622. The standard InChI is InChI=1S/C22H28ClN5O2/c1-15-13-24-22(25-18-7-5-11-28(14-18)16(2)29)27-21(15)26-20-8-4-3-6-17(20)12-19(30)9-10-23/h3-4,6,8,13,18H,5,7,9-12,14H2,1-2H3,(H2,24,25,26,27)/t18-/m0/s1. The lowest BCUT2D eigenvalue weighted by atomic mass is 10.1. The van der Waals surface area contributed by atoms with E-state index in [-0.39, 0.29) is 17.7 Å². The molecule has 7 nitrogen and oxygen atoms in total. The molecule has 3 rings (SSSR count). The molecule has 1 aliphatic rings. The third-order valence-electron chi connectivity index (χ3n) is 5.20. The van der Waals surface area contributed by atoms with Crippen molar-refractivity contribution in [3.63, 3.8) is 0 Å². The highest BCUT2D eigenvalue weighted by atomic mass is 35.5. The molecule has 1 atom stereocenters. The molecule has 2 N–H and O–H groups in total. The van der Waals surface area contributed by atoms with Crippen LogP contribution in [0.2, 0.25) is 0 Å². The molecule has 160 valence electrons. The van der Waals surface area contributed by atoms with Gasteiger partial charge in [0.2, 0.25) is 11.9 Å². The van der Waals surface area contributed by atoms with E-state index >= 15 is 0 Å². The van der Waals surface area contributed by atoms with Gasteiger partial charge in [-0.05, 0) is 31.4 Å². The zero-order valence-corrected chi connectivity index (χ0v) is 18.2. The summed E-state index contributed by atoms with van der Waals surface area (Å²) in [5.74, 6) is 1.73. The molecule has 0 spiro atoms. The lowest BCUT2D eigenvalue weighted by Gasteiger charge is -2.32. The molecule has 1 aromatic carbocycles. The van der Waals surface area contributed by atoms with Crippen LogP contribution in [0.3, 0.4) is 0 Å². The second-order valence-corrected chi connectivity index (χ2v) is 7.99. The van der Waals surface area contributed by atoms with Gasteiger partial charge in [-0.25, -0.2) is 4.98 Å². The number of likely N-dealkylation sites (tertiary alicyclic amines) is 1. The SMILES string of the molecule is CC(=O)N1CCC[C@H](Nc2ncc(C)c(Nc3ccccc3CC(=O)CCCl)n2)C1. The third-order valence-corrected chi connectivity index (χ3v) is 5.39. The van der Waals surface area contributed by atoms with E-state index in [0.717, 1.165) is 36.2 Å². The number of carbonyl (C=O) groups excluding carboxylic acids is 2. The molecule has 8 heteroatoms. The fourth-order valence-corrected chi connectivity index (χ4v) is 3.74. The fraction of sp³-hybridized carbons (Fsp3) is 0.455. The number of para-hydroxylation sites is 1. The highest BCUT2D eigenvalue weighted by molar-refractivity contribution is 6.19. The van der Waals surface area contributed by atoms with Gasteiger partial charge >= 0.3 is 0 Å². The molecule has 1 aliphatic heterocycles. The molecule has 1 saturated heterocycles. The summed E-state index contributed by atoms with van der Waals surface area (Å²) in [5.41, 5.74) is 2.65. The van der Waals surface area contributed by atoms with Crippen LogP contribution in [-0.4, -0.2) is 51.6 Å². The Labute approximate surface area is 182 Å². The summed E-state index contributed by atoms with van der Waals surface area (Å²) >= 11 is 5.69. The highest BCUT2D eigenvalue weighted by Crippen LogP contribution is 2.24. The minimum Gasteiger partial charge on any atom is -0.350 e. The number of Topliss-reactive ketones (excluding diaryl/α,β-unsaturated/α-hetero) is 1. The van der Waals surface area contributed by atoms with E-state index in [9.17, 15) is 9.59 Å². The van der Waals surface area contributed by atoms with E-state index in [1.807, 2.05) is 36.1 Å². The van der Waals surface area contributed by atoms with Crippen molar-refractivity contribution in [3.05, 3.63) is 41.6 Å². The number of anilines is 3. The number of halogens is 1. The summed E-state index contributed by atoms with van der Waals surface area (Å²) in [5, 5.41) is 6.71. The average Bonchev–Trinajstić information content (AvgIpc) is 2.72. The van der Waals surface area contributed by atoms with Crippen molar-refractivity contribution < 1.29 is 9.59 Å². The maximum absolute atomic E-state index is 12.1. The Bertz CT molecular complexity index is 905. The van der Waals surface area contributed by atoms with Gasteiger partial charge in [0.15, 0.2) is 0 Å². The van der Waals surface area contributed by atoms with Crippen molar-refractivity contribution in [1.82, 2.24) is 14.9 Å². The Hall–Kier alpha value is -2.67. The molecular weight excluding hydrogens is 402 g/mol. The molecule has 2 aromatic rings.